The molecule has 0 saturated carbocycles. The molecule has 108 valence electrons. The minimum Gasteiger partial charge on any atom is -0.379 e. The first-order valence-electron chi connectivity index (χ1n) is 4.82. The fourth-order valence-corrected chi connectivity index (χ4v) is 1.63. The van der Waals surface area contributed by atoms with Gasteiger partial charge in [-0.25, -0.2) is 0 Å². The molecule has 19 heavy (non-hydrogen) atoms. The quantitative estimate of drug-likeness (QED) is 0.284. The van der Waals surface area contributed by atoms with Crippen LogP contribution in [0.3, 0.4) is 0 Å². The zero-order chi connectivity index (χ0) is 15.2. The number of aromatic nitrogens is 2. The number of nitrogen functional groups attached to an aromatic ring is 1. The third-order valence-corrected chi connectivity index (χ3v) is 3.01. The van der Waals surface area contributed by atoms with E-state index in [1.54, 1.807) is 25.3 Å². The summed E-state index contributed by atoms with van der Waals surface area (Å²) in [5, 5.41) is 6.84. The van der Waals surface area contributed by atoms with Crippen molar-refractivity contribution >= 4 is 66.5 Å². The number of nitrogens with two attached hydrogens (primary N) is 2. The Labute approximate surface area is 134 Å². The van der Waals surface area contributed by atoms with E-state index >= 15 is 0 Å². The molecule has 0 aliphatic carbocycles. The summed E-state index contributed by atoms with van der Waals surface area (Å²) in [6.07, 6.45) is 1.77. The molecule has 10 heteroatoms. The zero-order valence-corrected chi connectivity index (χ0v) is 14.8. The fraction of sp³-hybridized carbons (Fsp3) is 0.333. The largest absolute Gasteiger partial charge is 0.379 e. The van der Waals surface area contributed by atoms with Gasteiger partial charge in [0.1, 0.15) is 0 Å². The molecule has 0 saturated heterocycles. The minimum atomic E-state index is -0.198. The Bertz CT molecular complexity index is 484. The van der Waals surface area contributed by atoms with Crippen molar-refractivity contribution in [2.45, 2.75) is 0 Å². The number of nitrogens with one attached hydrogen (secondary N) is 1. The van der Waals surface area contributed by atoms with Crippen molar-refractivity contribution < 1.29 is 4.79 Å². The summed E-state index contributed by atoms with van der Waals surface area (Å²) in [4.78, 5) is 20.6. The first-order chi connectivity index (χ1) is 8.70. The van der Waals surface area contributed by atoms with Crippen LogP contribution in [-0.2, 0) is 0 Å². The topological polar surface area (TPSA) is 122 Å². The summed E-state index contributed by atoms with van der Waals surface area (Å²) >= 11 is 8.07. The maximum atomic E-state index is 11.1. The van der Waals surface area contributed by atoms with Gasteiger partial charge in [0.15, 0.2) is 5.17 Å². The molecule has 0 radical (unpaired) electrons. The summed E-state index contributed by atoms with van der Waals surface area (Å²) < 4.78 is -0.198. The molecule has 0 spiro atoms. The smallest absolute Gasteiger partial charge is 0.150 e. The van der Waals surface area contributed by atoms with Crippen LogP contribution in [-0.4, -0.2) is 39.3 Å². The molecular formula is C9H16ClIN6OS. The van der Waals surface area contributed by atoms with Crippen LogP contribution in [0.5, 0.6) is 0 Å². The van der Waals surface area contributed by atoms with E-state index in [4.69, 9.17) is 28.5 Å². The molecule has 1 rings (SSSR count). The molecule has 0 atom stereocenters. The molecule has 0 fully saturated rings. The normalized spacial score (nSPS) is 9.37. The van der Waals surface area contributed by atoms with Crippen LogP contribution in [0.15, 0.2) is 0 Å². The van der Waals surface area contributed by atoms with Gasteiger partial charge in [0, 0.05) is 0 Å². The van der Waals surface area contributed by atoms with Crippen molar-refractivity contribution in [3.63, 3.8) is 0 Å². The van der Waals surface area contributed by atoms with Crippen molar-refractivity contribution in [1.82, 2.24) is 9.97 Å². The second-order valence-corrected chi connectivity index (χ2v) is 5.71. The fourth-order valence-electron chi connectivity index (χ4n) is 0.861. The number of carbonyl (C=O) groups is 1. The van der Waals surface area contributed by atoms with E-state index in [0.29, 0.717) is 5.82 Å². The van der Waals surface area contributed by atoms with Gasteiger partial charge in [-0.3, -0.25) is 5.41 Å². The van der Waals surface area contributed by atoms with Gasteiger partial charge in [-0.05, 0) is 6.26 Å². The van der Waals surface area contributed by atoms with Crippen LogP contribution in [0, 0.1) is 5.41 Å². The van der Waals surface area contributed by atoms with Gasteiger partial charge >= 0.3 is 100.0 Å². The number of halogens is 2. The van der Waals surface area contributed by atoms with E-state index in [9.17, 15) is 4.79 Å². The molecule has 1 aromatic rings. The standard InChI is InChI=1S/C7H8ClIN4O.C2H6N2S/c1-13(2)7-4(8)11-3(5(9)14)6(10)12-7;1-5-2(3)4/h1-2H3,(H2,10,12);1H3,(H3,3,4). The third kappa shape index (κ3) is 6.25. The van der Waals surface area contributed by atoms with Crippen LogP contribution in [0.25, 0.3) is 0 Å². The predicted octanol–water partition coefficient (Wildman–Crippen LogP) is 1.06. The van der Waals surface area contributed by atoms with Gasteiger partial charge in [0.2, 0.25) is 0 Å². The van der Waals surface area contributed by atoms with E-state index in [2.05, 4.69) is 9.97 Å². The van der Waals surface area contributed by atoms with Crippen molar-refractivity contribution in [2.75, 3.05) is 31.0 Å². The van der Waals surface area contributed by atoms with Gasteiger partial charge in [-0.1, -0.05) is 11.8 Å². The van der Waals surface area contributed by atoms with Crippen molar-refractivity contribution in [3.05, 3.63) is 10.8 Å². The van der Waals surface area contributed by atoms with Crippen LogP contribution >= 0.6 is 46.0 Å². The molecule has 0 amide bonds. The van der Waals surface area contributed by atoms with Gasteiger partial charge in [-0.2, -0.15) is 0 Å². The zero-order valence-electron chi connectivity index (χ0n) is 10.6. The maximum absolute atomic E-state index is 11.1. The molecule has 1 aromatic heterocycles. The number of nitrogens with zero attached hydrogens (tertiary/aromatic N) is 3. The van der Waals surface area contributed by atoms with Crippen LogP contribution < -0.4 is 16.4 Å². The van der Waals surface area contributed by atoms with Gasteiger partial charge in [0.05, 0.1) is 0 Å². The second-order valence-electron chi connectivity index (χ2n) is 3.34. The van der Waals surface area contributed by atoms with Gasteiger partial charge in [-0.15, -0.1) is 0 Å². The van der Waals surface area contributed by atoms with E-state index in [1.165, 1.54) is 11.8 Å². The molecule has 0 aliphatic heterocycles. The minimum absolute atomic E-state index is 0.115. The molecule has 0 aromatic carbocycles. The number of hydrogen-bond donors (Lipinski definition) is 3. The van der Waals surface area contributed by atoms with Crippen molar-refractivity contribution in [1.29, 1.82) is 5.41 Å². The molecular weight excluding hydrogens is 403 g/mol. The Morgan fingerprint density at radius 2 is 1.95 bits per heavy atom. The van der Waals surface area contributed by atoms with Gasteiger partial charge < -0.3 is 5.73 Å². The Morgan fingerprint density at radius 3 is 2.26 bits per heavy atom. The number of thioether (sulfide) groups is 1. The molecule has 0 bridgehead atoms. The van der Waals surface area contributed by atoms with Crippen molar-refractivity contribution in [2.24, 2.45) is 5.73 Å². The number of rotatable bonds is 2. The van der Waals surface area contributed by atoms with Crippen LogP contribution in [0.1, 0.15) is 10.5 Å². The maximum Gasteiger partial charge on any atom is 0.150 e. The van der Waals surface area contributed by atoms with E-state index < -0.39 is 0 Å². The van der Waals surface area contributed by atoms with E-state index in [1.807, 2.05) is 0 Å². The van der Waals surface area contributed by atoms with E-state index in [-0.39, 0.29) is 25.6 Å². The number of anilines is 2. The Kier molecular flexibility index (Phi) is 8.02. The van der Waals surface area contributed by atoms with Crippen LogP contribution in [0.4, 0.5) is 11.6 Å². The van der Waals surface area contributed by atoms with Gasteiger partial charge in [0.25, 0.3) is 0 Å². The summed E-state index contributed by atoms with van der Waals surface area (Å²) in [5.74, 6) is 0.573. The molecule has 0 unspecified atom stereocenters. The Balaban J connectivity index is 0.000000555. The first-order valence-corrected chi connectivity index (χ1v) is 7.70. The monoisotopic (exact) mass is 418 g/mol. The number of carbonyl (C=O) groups excluding carboxylic acids is 1. The SMILES string of the molecule is CN(C)c1nc(N)c(C(=O)[IH2])nc1Cl.CSC(=N)N. The number of amidine groups is 1. The summed E-state index contributed by atoms with van der Waals surface area (Å²) in [7, 11) is 3.54. The predicted molar refractivity (Wildman–Crippen MR) is 92.4 cm³/mol. The molecule has 0 aliphatic rings. The first kappa shape index (κ1) is 18.2. The van der Waals surface area contributed by atoms with Crippen LogP contribution in [0.2, 0.25) is 5.15 Å². The van der Waals surface area contributed by atoms with E-state index in [0.717, 1.165) is 22.6 Å². The average Bonchev–Trinajstić information content (AvgIpc) is 2.31. The number of hydrogen-bond acceptors (Lipinski definition) is 7. The molecule has 5 N–H and O–H groups in total. The summed E-state index contributed by atoms with van der Waals surface area (Å²) in [5.41, 5.74) is 10.5. The molecule has 7 nitrogen and oxygen atoms in total. The van der Waals surface area contributed by atoms with Crippen molar-refractivity contribution in [3.8, 4) is 0 Å². The third-order valence-electron chi connectivity index (χ3n) is 1.71. The second kappa shape index (κ2) is 8.38. The summed E-state index contributed by atoms with van der Waals surface area (Å²) in [6.45, 7) is 0. The Hall–Kier alpha value is -0.810. The average molecular weight is 419 g/mol. The molecule has 1 heterocycles. The Morgan fingerprint density at radius 1 is 1.47 bits per heavy atom. The summed E-state index contributed by atoms with van der Waals surface area (Å²) in [6, 6.07) is 0.